The number of nitrogens with one attached hydrogen (secondary N) is 2. The summed E-state index contributed by atoms with van der Waals surface area (Å²) in [4.78, 5) is 23.4. The van der Waals surface area contributed by atoms with Crippen LogP contribution in [0.4, 0.5) is 4.79 Å². The molecule has 0 aliphatic heterocycles. The van der Waals surface area contributed by atoms with Crippen LogP contribution < -0.4 is 10.6 Å². The van der Waals surface area contributed by atoms with E-state index >= 15 is 0 Å². The van der Waals surface area contributed by atoms with Gasteiger partial charge in [-0.2, -0.15) is 0 Å². The Morgan fingerprint density at radius 2 is 1.90 bits per heavy atom. The molecule has 0 aromatic rings. The maximum atomic E-state index is 12.1. The molecule has 110 valence electrons. The van der Waals surface area contributed by atoms with Crippen LogP contribution in [-0.4, -0.2) is 28.7 Å². The van der Waals surface area contributed by atoms with Crippen molar-refractivity contribution in [2.24, 2.45) is 5.92 Å². The predicted molar refractivity (Wildman–Crippen MR) is 76.4 cm³/mol. The fraction of sp³-hybridized carbons (Fsp3) is 0.600. The van der Waals surface area contributed by atoms with Gasteiger partial charge in [0.2, 0.25) is 0 Å². The van der Waals surface area contributed by atoms with E-state index in [0.717, 1.165) is 25.7 Å². The number of carboxylic acid groups (broad SMARTS) is 1. The van der Waals surface area contributed by atoms with Gasteiger partial charge in [0, 0.05) is 6.04 Å². The summed E-state index contributed by atoms with van der Waals surface area (Å²) in [6.45, 7) is 1.73. The minimum Gasteiger partial charge on any atom is -0.481 e. The molecular weight excluding hydrogens is 256 g/mol. The summed E-state index contributed by atoms with van der Waals surface area (Å²) < 4.78 is 0. The minimum absolute atomic E-state index is 0.207. The monoisotopic (exact) mass is 278 g/mol. The lowest BCUT2D eigenvalue weighted by Gasteiger charge is -2.34. The lowest BCUT2D eigenvalue weighted by Crippen LogP contribution is -2.56. The van der Waals surface area contributed by atoms with Gasteiger partial charge in [-0.3, -0.25) is 4.79 Å². The first kappa shape index (κ1) is 14.6. The molecule has 0 saturated heterocycles. The van der Waals surface area contributed by atoms with Crippen molar-refractivity contribution in [2.45, 2.75) is 50.6 Å². The highest BCUT2D eigenvalue weighted by atomic mass is 16.4. The van der Waals surface area contributed by atoms with E-state index < -0.39 is 17.4 Å². The lowest BCUT2D eigenvalue weighted by atomic mass is 9.82. The number of hydrogen-bond donors (Lipinski definition) is 3. The first-order valence-corrected chi connectivity index (χ1v) is 7.19. The van der Waals surface area contributed by atoms with Gasteiger partial charge in [0.1, 0.15) is 5.92 Å². The van der Waals surface area contributed by atoms with Gasteiger partial charge >= 0.3 is 12.0 Å². The molecule has 3 N–H and O–H groups in total. The minimum atomic E-state index is -0.939. The fourth-order valence-corrected chi connectivity index (χ4v) is 2.91. The Labute approximate surface area is 119 Å². The van der Waals surface area contributed by atoms with Crippen LogP contribution in [0.3, 0.4) is 0 Å². The van der Waals surface area contributed by atoms with E-state index in [1.54, 1.807) is 31.2 Å². The molecule has 0 aromatic carbocycles. The third kappa shape index (κ3) is 3.40. The zero-order chi connectivity index (χ0) is 14.6. The van der Waals surface area contributed by atoms with Crippen LogP contribution in [0.2, 0.25) is 0 Å². The van der Waals surface area contributed by atoms with Crippen molar-refractivity contribution in [3.8, 4) is 0 Å². The Kier molecular flexibility index (Phi) is 4.47. The summed E-state index contributed by atoms with van der Waals surface area (Å²) in [6.07, 6.45) is 12.3. The van der Waals surface area contributed by atoms with Gasteiger partial charge in [-0.1, -0.05) is 43.6 Å². The molecule has 1 fully saturated rings. The molecule has 2 rings (SSSR count). The zero-order valence-electron chi connectivity index (χ0n) is 11.8. The topological polar surface area (TPSA) is 78.4 Å². The average Bonchev–Trinajstić information content (AvgIpc) is 2.39. The smallest absolute Gasteiger partial charge is 0.315 e. The number of aliphatic carboxylic acids is 1. The highest BCUT2D eigenvalue weighted by molar-refractivity contribution is 5.80. The van der Waals surface area contributed by atoms with Crippen LogP contribution in [0.1, 0.15) is 39.0 Å². The number of carboxylic acids is 1. The second kappa shape index (κ2) is 6.11. The Bertz CT molecular complexity index is 438. The van der Waals surface area contributed by atoms with Crippen molar-refractivity contribution in [2.75, 3.05) is 0 Å². The van der Waals surface area contributed by atoms with Crippen LogP contribution in [-0.2, 0) is 4.79 Å². The molecular formula is C15H22N2O3. The molecule has 1 saturated carbocycles. The number of urea groups is 1. The molecule has 2 aliphatic rings. The Hall–Kier alpha value is -1.78. The van der Waals surface area contributed by atoms with Crippen molar-refractivity contribution in [3.05, 3.63) is 24.3 Å². The normalized spacial score (nSPS) is 29.9. The maximum absolute atomic E-state index is 12.1. The molecule has 0 bridgehead atoms. The van der Waals surface area contributed by atoms with Crippen LogP contribution in [0.25, 0.3) is 0 Å². The second-order valence-electron chi connectivity index (χ2n) is 5.78. The number of rotatable bonds is 3. The number of hydrogen-bond acceptors (Lipinski definition) is 2. The maximum Gasteiger partial charge on any atom is 0.315 e. The van der Waals surface area contributed by atoms with Gasteiger partial charge in [0.15, 0.2) is 0 Å². The van der Waals surface area contributed by atoms with E-state index in [1.807, 2.05) is 0 Å². The largest absolute Gasteiger partial charge is 0.481 e. The first-order valence-electron chi connectivity index (χ1n) is 7.19. The molecule has 2 aliphatic carbocycles. The van der Waals surface area contributed by atoms with Crippen LogP contribution in [0.5, 0.6) is 0 Å². The van der Waals surface area contributed by atoms with Crippen LogP contribution in [0, 0.1) is 5.92 Å². The van der Waals surface area contributed by atoms with Gasteiger partial charge in [0.05, 0.1) is 5.54 Å². The van der Waals surface area contributed by atoms with Crippen molar-refractivity contribution in [3.63, 3.8) is 0 Å². The molecule has 2 amide bonds. The molecule has 2 unspecified atom stereocenters. The standard InChI is InChI=1S/C15H22N2O3/c1-15(10-6-5-9-12(15)13(18)19)17-14(20)16-11-7-3-2-4-8-11/h5-6,9-12H,2-4,7-8H2,1H3,(H,18,19)(H2,16,17,20). The predicted octanol–water partition coefficient (Wildman–Crippen LogP) is 2.20. The van der Waals surface area contributed by atoms with Gasteiger partial charge in [-0.15, -0.1) is 0 Å². The van der Waals surface area contributed by atoms with E-state index in [2.05, 4.69) is 10.6 Å². The molecule has 0 spiro atoms. The Morgan fingerprint density at radius 3 is 2.55 bits per heavy atom. The Balaban J connectivity index is 1.96. The van der Waals surface area contributed by atoms with Crippen molar-refractivity contribution in [1.82, 2.24) is 10.6 Å². The van der Waals surface area contributed by atoms with Crippen molar-refractivity contribution < 1.29 is 14.7 Å². The summed E-state index contributed by atoms with van der Waals surface area (Å²) >= 11 is 0. The Morgan fingerprint density at radius 1 is 1.20 bits per heavy atom. The SMILES string of the molecule is CC1(NC(=O)NC2CCCCC2)C=CC=CC1C(=O)O. The summed E-state index contributed by atoms with van der Waals surface area (Å²) in [6, 6.07) is -0.0793. The van der Waals surface area contributed by atoms with E-state index in [9.17, 15) is 14.7 Å². The summed E-state index contributed by atoms with van der Waals surface area (Å²) in [7, 11) is 0. The molecule has 2 atom stereocenters. The summed E-state index contributed by atoms with van der Waals surface area (Å²) in [5, 5.41) is 15.0. The quantitative estimate of drug-likeness (QED) is 0.740. The van der Waals surface area contributed by atoms with Crippen molar-refractivity contribution in [1.29, 1.82) is 0 Å². The van der Waals surface area contributed by atoms with E-state index in [0.29, 0.717) is 0 Å². The summed E-state index contributed by atoms with van der Waals surface area (Å²) in [5.74, 6) is -1.68. The van der Waals surface area contributed by atoms with E-state index in [4.69, 9.17) is 0 Å². The fourth-order valence-electron chi connectivity index (χ4n) is 2.91. The highest BCUT2D eigenvalue weighted by Crippen LogP contribution is 2.25. The average molecular weight is 278 g/mol. The molecule has 5 heteroatoms. The second-order valence-corrected chi connectivity index (χ2v) is 5.78. The zero-order valence-corrected chi connectivity index (χ0v) is 11.8. The van der Waals surface area contributed by atoms with Crippen LogP contribution >= 0.6 is 0 Å². The molecule has 0 heterocycles. The van der Waals surface area contributed by atoms with Gasteiger partial charge < -0.3 is 15.7 Å². The van der Waals surface area contributed by atoms with Gasteiger partial charge in [-0.25, -0.2) is 4.79 Å². The van der Waals surface area contributed by atoms with Gasteiger partial charge in [-0.05, 0) is 19.8 Å². The number of allylic oxidation sites excluding steroid dienone is 2. The van der Waals surface area contributed by atoms with E-state index in [1.165, 1.54) is 6.42 Å². The third-order valence-electron chi connectivity index (χ3n) is 4.09. The third-order valence-corrected chi connectivity index (χ3v) is 4.09. The molecule has 0 aromatic heterocycles. The van der Waals surface area contributed by atoms with Crippen molar-refractivity contribution >= 4 is 12.0 Å². The number of amides is 2. The molecule has 0 radical (unpaired) electrons. The number of carbonyl (C=O) groups excluding carboxylic acids is 1. The number of carbonyl (C=O) groups is 2. The highest BCUT2D eigenvalue weighted by Gasteiger charge is 2.38. The first-order chi connectivity index (χ1) is 9.51. The van der Waals surface area contributed by atoms with Crippen LogP contribution in [0.15, 0.2) is 24.3 Å². The van der Waals surface area contributed by atoms with E-state index in [-0.39, 0.29) is 12.1 Å². The molecule has 20 heavy (non-hydrogen) atoms. The summed E-state index contributed by atoms with van der Waals surface area (Å²) in [5.41, 5.74) is -0.890. The lowest BCUT2D eigenvalue weighted by molar-refractivity contribution is -0.141. The molecule has 5 nitrogen and oxygen atoms in total. The van der Waals surface area contributed by atoms with Gasteiger partial charge in [0.25, 0.3) is 0 Å².